The molecule has 10 heteroatoms. The van der Waals surface area contributed by atoms with Crippen molar-refractivity contribution in [3.8, 4) is 17.2 Å². The average Bonchev–Trinajstić information content (AvgIpc) is 2.70. The number of ether oxygens (including phenoxy) is 4. The molecule has 28 heavy (non-hydrogen) atoms. The lowest BCUT2D eigenvalue weighted by Crippen LogP contribution is -2.19. The van der Waals surface area contributed by atoms with Crippen molar-refractivity contribution in [1.82, 2.24) is 0 Å². The standard InChI is InChI=1S/C18H14FNO8/c1-25-15-3-2-10(19)6-12(15)14(21)9-28-18(22)11-7-16-17(27-5-4-26-16)8-13(11)20(23)24/h2-3,6-8H,4-5,9H2,1H3. The highest BCUT2D eigenvalue weighted by Gasteiger charge is 2.28. The quantitative estimate of drug-likeness (QED) is 0.319. The molecule has 1 aliphatic heterocycles. The molecule has 0 aliphatic carbocycles. The van der Waals surface area contributed by atoms with Crippen molar-refractivity contribution in [2.45, 2.75) is 0 Å². The van der Waals surface area contributed by atoms with Gasteiger partial charge < -0.3 is 18.9 Å². The fraction of sp³-hybridized carbons (Fsp3) is 0.222. The highest BCUT2D eigenvalue weighted by Crippen LogP contribution is 2.36. The minimum Gasteiger partial charge on any atom is -0.496 e. The first-order valence-electron chi connectivity index (χ1n) is 8.02. The van der Waals surface area contributed by atoms with E-state index in [1.807, 2.05) is 0 Å². The number of hydrogen-bond acceptors (Lipinski definition) is 8. The van der Waals surface area contributed by atoms with Crippen molar-refractivity contribution in [3.05, 3.63) is 57.4 Å². The van der Waals surface area contributed by atoms with Crippen LogP contribution in [-0.4, -0.2) is 43.6 Å². The van der Waals surface area contributed by atoms with Crippen molar-refractivity contribution >= 4 is 17.4 Å². The molecule has 3 rings (SSSR count). The topological polar surface area (TPSA) is 114 Å². The predicted molar refractivity (Wildman–Crippen MR) is 91.7 cm³/mol. The Balaban J connectivity index is 1.81. The van der Waals surface area contributed by atoms with Gasteiger partial charge in [-0.25, -0.2) is 9.18 Å². The van der Waals surface area contributed by atoms with Crippen LogP contribution in [0.1, 0.15) is 20.7 Å². The van der Waals surface area contributed by atoms with Crippen LogP contribution in [0.25, 0.3) is 0 Å². The zero-order valence-corrected chi connectivity index (χ0v) is 14.6. The number of nitrogens with zero attached hydrogens (tertiary/aromatic N) is 1. The summed E-state index contributed by atoms with van der Waals surface area (Å²) in [7, 11) is 1.30. The van der Waals surface area contributed by atoms with Gasteiger partial charge in [0.2, 0.25) is 5.78 Å². The fourth-order valence-electron chi connectivity index (χ4n) is 2.58. The van der Waals surface area contributed by atoms with Crippen LogP contribution < -0.4 is 14.2 Å². The maximum Gasteiger partial charge on any atom is 0.345 e. The molecule has 0 unspecified atom stereocenters. The summed E-state index contributed by atoms with van der Waals surface area (Å²) in [5.74, 6) is -2.11. The molecule has 0 saturated heterocycles. The Morgan fingerprint density at radius 3 is 2.46 bits per heavy atom. The van der Waals surface area contributed by atoms with Gasteiger partial charge in [-0.05, 0) is 18.2 Å². The Kier molecular flexibility index (Phi) is 5.39. The molecule has 146 valence electrons. The Hall–Kier alpha value is -3.69. The van der Waals surface area contributed by atoms with E-state index in [9.17, 15) is 24.1 Å². The van der Waals surface area contributed by atoms with Crippen LogP contribution in [0.15, 0.2) is 30.3 Å². The van der Waals surface area contributed by atoms with Crippen LogP contribution in [0.3, 0.4) is 0 Å². The molecule has 0 amide bonds. The number of hydrogen-bond donors (Lipinski definition) is 0. The van der Waals surface area contributed by atoms with Crippen molar-refractivity contribution in [3.63, 3.8) is 0 Å². The van der Waals surface area contributed by atoms with Crippen molar-refractivity contribution in [2.24, 2.45) is 0 Å². The van der Waals surface area contributed by atoms with Gasteiger partial charge in [-0.2, -0.15) is 0 Å². The van der Waals surface area contributed by atoms with Gasteiger partial charge in [0.15, 0.2) is 18.1 Å². The fourth-order valence-corrected chi connectivity index (χ4v) is 2.58. The first-order valence-corrected chi connectivity index (χ1v) is 8.02. The normalized spacial score (nSPS) is 12.2. The summed E-state index contributed by atoms with van der Waals surface area (Å²) in [5.41, 5.74) is -1.06. The highest BCUT2D eigenvalue weighted by atomic mass is 19.1. The molecule has 2 aromatic rings. The molecular weight excluding hydrogens is 377 g/mol. The predicted octanol–water partition coefficient (Wildman–Crippen LogP) is 2.55. The van der Waals surface area contributed by atoms with Gasteiger partial charge in [0.25, 0.3) is 5.69 Å². The van der Waals surface area contributed by atoms with Crippen LogP contribution in [0.2, 0.25) is 0 Å². The highest BCUT2D eigenvalue weighted by molar-refractivity contribution is 6.02. The number of carbonyl (C=O) groups is 2. The molecule has 0 N–H and O–H groups in total. The second-order valence-corrected chi connectivity index (χ2v) is 5.61. The smallest absolute Gasteiger partial charge is 0.345 e. The lowest BCUT2D eigenvalue weighted by atomic mass is 10.1. The minimum atomic E-state index is -1.10. The second kappa shape index (κ2) is 7.91. The van der Waals surface area contributed by atoms with E-state index in [-0.39, 0.29) is 36.0 Å². The third-order valence-corrected chi connectivity index (χ3v) is 3.87. The largest absolute Gasteiger partial charge is 0.496 e. The van der Waals surface area contributed by atoms with Crippen LogP contribution in [0.4, 0.5) is 10.1 Å². The number of halogens is 1. The average molecular weight is 391 g/mol. The number of Topliss-reactive ketones (excluding diaryl/α,β-unsaturated/α-hetero) is 1. The van der Waals surface area contributed by atoms with E-state index >= 15 is 0 Å². The number of carbonyl (C=O) groups excluding carboxylic acids is 2. The van der Waals surface area contributed by atoms with Gasteiger partial charge in [-0.15, -0.1) is 0 Å². The zero-order chi connectivity index (χ0) is 20.3. The summed E-state index contributed by atoms with van der Waals surface area (Å²) >= 11 is 0. The molecule has 0 radical (unpaired) electrons. The SMILES string of the molecule is COc1ccc(F)cc1C(=O)COC(=O)c1cc2c(cc1[N+](=O)[O-])OCCO2. The van der Waals surface area contributed by atoms with Crippen LogP contribution in [0.5, 0.6) is 17.2 Å². The number of rotatable bonds is 6. The second-order valence-electron chi connectivity index (χ2n) is 5.61. The molecular formula is C18H14FNO8. The molecule has 9 nitrogen and oxygen atoms in total. The Bertz CT molecular complexity index is 959. The summed E-state index contributed by atoms with van der Waals surface area (Å²) in [5, 5.41) is 11.3. The molecule has 0 bridgehead atoms. The van der Waals surface area contributed by atoms with Gasteiger partial charge in [0.05, 0.1) is 23.7 Å². The molecule has 0 atom stereocenters. The summed E-state index contributed by atoms with van der Waals surface area (Å²) in [6.07, 6.45) is 0. The third kappa shape index (κ3) is 3.85. The number of ketones is 1. The molecule has 1 heterocycles. The van der Waals surface area contributed by atoms with Crippen molar-refractivity contribution in [2.75, 3.05) is 26.9 Å². The van der Waals surface area contributed by atoms with E-state index in [1.54, 1.807) is 0 Å². The number of nitro benzene ring substituents is 1. The Morgan fingerprint density at radius 2 is 1.82 bits per heavy atom. The lowest BCUT2D eigenvalue weighted by molar-refractivity contribution is -0.385. The lowest BCUT2D eigenvalue weighted by Gasteiger charge is -2.18. The van der Waals surface area contributed by atoms with Gasteiger partial charge in [0, 0.05) is 6.07 Å². The Morgan fingerprint density at radius 1 is 1.14 bits per heavy atom. The summed E-state index contributed by atoms with van der Waals surface area (Å²) in [6, 6.07) is 5.50. The van der Waals surface area contributed by atoms with Crippen LogP contribution in [0, 0.1) is 15.9 Å². The number of benzene rings is 2. The number of methoxy groups -OCH3 is 1. The van der Waals surface area contributed by atoms with Gasteiger partial charge in [-0.1, -0.05) is 0 Å². The summed E-state index contributed by atoms with van der Waals surface area (Å²) in [6.45, 7) is -0.320. The van der Waals surface area contributed by atoms with E-state index in [0.29, 0.717) is 0 Å². The molecule has 0 fully saturated rings. The van der Waals surface area contributed by atoms with Crippen LogP contribution >= 0.6 is 0 Å². The summed E-state index contributed by atoms with van der Waals surface area (Å²) in [4.78, 5) is 35.1. The Labute approximate surface area is 157 Å². The molecule has 0 aromatic heterocycles. The first kappa shape index (κ1) is 19.1. The molecule has 0 spiro atoms. The minimum absolute atomic E-state index is 0.104. The van der Waals surface area contributed by atoms with E-state index in [1.165, 1.54) is 13.2 Å². The van der Waals surface area contributed by atoms with Crippen molar-refractivity contribution in [1.29, 1.82) is 0 Å². The zero-order valence-electron chi connectivity index (χ0n) is 14.6. The maximum absolute atomic E-state index is 13.4. The van der Waals surface area contributed by atoms with E-state index in [0.717, 1.165) is 24.3 Å². The van der Waals surface area contributed by atoms with Crippen LogP contribution in [-0.2, 0) is 4.74 Å². The van der Waals surface area contributed by atoms with E-state index in [4.69, 9.17) is 18.9 Å². The monoisotopic (exact) mass is 391 g/mol. The third-order valence-electron chi connectivity index (χ3n) is 3.87. The van der Waals surface area contributed by atoms with Crippen molar-refractivity contribution < 1.29 is 37.9 Å². The van der Waals surface area contributed by atoms with Gasteiger partial charge in [-0.3, -0.25) is 14.9 Å². The number of fused-ring (bicyclic) bond motifs is 1. The maximum atomic E-state index is 13.4. The van der Waals surface area contributed by atoms with Gasteiger partial charge >= 0.3 is 5.97 Å². The molecule has 0 saturated carbocycles. The number of esters is 1. The molecule has 2 aromatic carbocycles. The van der Waals surface area contributed by atoms with E-state index < -0.39 is 40.4 Å². The first-order chi connectivity index (χ1) is 13.4. The van der Waals surface area contributed by atoms with Gasteiger partial charge in [0.1, 0.15) is 30.3 Å². The molecule has 1 aliphatic rings. The van der Waals surface area contributed by atoms with E-state index in [2.05, 4.69) is 0 Å². The summed E-state index contributed by atoms with van der Waals surface area (Å²) < 4.78 is 33.8. The number of nitro groups is 1.